The van der Waals surface area contributed by atoms with Crippen molar-refractivity contribution in [3.63, 3.8) is 0 Å². The van der Waals surface area contributed by atoms with Gasteiger partial charge in [-0.1, -0.05) is 13.5 Å². The maximum absolute atomic E-state index is 11.3. The average molecular weight is 195 g/mol. The monoisotopic (exact) mass is 195 g/mol. The number of hydrogen-bond donors (Lipinski definition) is 1. The number of nitrogens with two attached hydrogens (primary N) is 1. The standard InChI is InChI=1S/C10H13NO3/c1-3-8(11)7(2)10(12)14-9-5-4-6-13-9/h4-6,8H,2-3,11H2,1H3. The third-order valence-electron chi connectivity index (χ3n) is 1.84. The molecular weight excluding hydrogens is 182 g/mol. The third kappa shape index (κ3) is 2.47. The largest absolute Gasteiger partial charge is 0.434 e. The van der Waals surface area contributed by atoms with Gasteiger partial charge < -0.3 is 14.9 Å². The lowest BCUT2D eigenvalue weighted by atomic mass is 10.1. The minimum absolute atomic E-state index is 0.152. The molecule has 0 aliphatic carbocycles. The van der Waals surface area contributed by atoms with Crippen LogP contribution in [0.4, 0.5) is 0 Å². The molecule has 4 heteroatoms. The summed E-state index contributed by atoms with van der Waals surface area (Å²) in [5.41, 5.74) is 5.87. The van der Waals surface area contributed by atoms with Gasteiger partial charge >= 0.3 is 5.97 Å². The van der Waals surface area contributed by atoms with Gasteiger partial charge in [0.05, 0.1) is 6.26 Å². The summed E-state index contributed by atoms with van der Waals surface area (Å²) >= 11 is 0. The molecule has 0 saturated carbocycles. The molecule has 76 valence electrons. The van der Waals surface area contributed by atoms with E-state index < -0.39 is 5.97 Å². The maximum atomic E-state index is 11.3. The fourth-order valence-electron chi connectivity index (χ4n) is 0.876. The van der Waals surface area contributed by atoms with Gasteiger partial charge in [-0.15, -0.1) is 0 Å². The van der Waals surface area contributed by atoms with Crippen LogP contribution in [0.1, 0.15) is 13.3 Å². The van der Waals surface area contributed by atoms with Gasteiger partial charge in [0.1, 0.15) is 0 Å². The van der Waals surface area contributed by atoms with E-state index in [2.05, 4.69) is 6.58 Å². The number of carbonyl (C=O) groups excluding carboxylic acids is 1. The molecule has 1 aromatic heterocycles. The molecule has 0 aromatic carbocycles. The van der Waals surface area contributed by atoms with Gasteiger partial charge in [-0.2, -0.15) is 0 Å². The van der Waals surface area contributed by atoms with Gasteiger partial charge in [0.25, 0.3) is 5.95 Å². The smallest absolute Gasteiger partial charge is 0.342 e. The first-order valence-corrected chi connectivity index (χ1v) is 4.35. The Bertz CT molecular complexity index is 316. The van der Waals surface area contributed by atoms with Gasteiger partial charge in [-0.3, -0.25) is 0 Å². The van der Waals surface area contributed by atoms with E-state index in [1.807, 2.05) is 6.92 Å². The second kappa shape index (κ2) is 4.62. The van der Waals surface area contributed by atoms with Crippen molar-refractivity contribution in [1.82, 2.24) is 0 Å². The van der Waals surface area contributed by atoms with Crippen LogP contribution in [-0.4, -0.2) is 12.0 Å². The summed E-state index contributed by atoms with van der Waals surface area (Å²) in [5, 5.41) is 0. The number of esters is 1. The fourth-order valence-corrected chi connectivity index (χ4v) is 0.876. The van der Waals surface area contributed by atoms with E-state index in [4.69, 9.17) is 14.9 Å². The predicted octanol–water partition coefficient (Wildman–Crippen LogP) is 1.48. The molecule has 4 nitrogen and oxygen atoms in total. The molecule has 0 aliphatic heterocycles. The fraction of sp³-hybridized carbons (Fsp3) is 0.300. The highest BCUT2D eigenvalue weighted by molar-refractivity contribution is 5.90. The molecule has 1 unspecified atom stereocenters. The number of rotatable bonds is 4. The van der Waals surface area contributed by atoms with E-state index in [0.717, 1.165) is 0 Å². The van der Waals surface area contributed by atoms with Crippen molar-refractivity contribution in [2.45, 2.75) is 19.4 Å². The molecule has 0 radical (unpaired) electrons. The van der Waals surface area contributed by atoms with Crippen LogP contribution >= 0.6 is 0 Å². The predicted molar refractivity (Wildman–Crippen MR) is 51.7 cm³/mol. The topological polar surface area (TPSA) is 65.5 Å². The van der Waals surface area contributed by atoms with Crippen molar-refractivity contribution in [3.05, 3.63) is 30.5 Å². The van der Waals surface area contributed by atoms with Crippen LogP contribution in [0.3, 0.4) is 0 Å². The zero-order valence-corrected chi connectivity index (χ0v) is 8.03. The molecule has 14 heavy (non-hydrogen) atoms. The maximum Gasteiger partial charge on any atom is 0.342 e. The zero-order valence-electron chi connectivity index (χ0n) is 8.03. The lowest BCUT2D eigenvalue weighted by molar-refractivity contribution is -0.131. The van der Waals surface area contributed by atoms with Crippen LogP contribution < -0.4 is 10.5 Å². The van der Waals surface area contributed by atoms with Crippen molar-refractivity contribution in [1.29, 1.82) is 0 Å². The highest BCUT2D eigenvalue weighted by Crippen LogP contribution is 2.13. The molecule has 1 atom stereocenters. The van der Waals surface area contributed by atoms with Gasteiger partial charge in [0.15, 0.2) is 0 Å². The second-order valence-corrected chi connectivity index (χ2v) is 2.86. The summed E-state index contributed by atoms with van der Waals surface area (Å²) in [6, 6.07) is 2.81. The van der Waals surface area contributed by atoms with Crippen LogP contribution in [0.5, 0.6) is 5.95 Å². The lowest BCUT2D eigenvalue weighted by Gasteiger charge is -2.09. The van der Waals surface area contributed by atoms with Gasteiger partial charge in [0.2, 0.25) is 0 Å². The summed E-state index contributed by atoms with van der Waals surface area (Å²) in [4.78, 5) is 11.3. The molecule has 0 spiro atoms. The Kier molecular flexibility index (Phi) is 3.48. The van der Waals surface area contributed by atoms with Crippen molar-refractivity contribution >= 4 is 5.97 Å². The molecule has 0 bridgehead atoms. The van der Waals surface area contributed by atoms with Crippen LogP contribution in [-0.2, 0) is 4.79 Å². The van der Waals surface area contributed by atoms with Crippen molar-refractivity contribution in [2.75, 3.05) is 0 Å². The molecule has 1 heterocycles. The van der Waals surface area contributed by atoms with E-state index in [9.17, 15) is 4.79 Å². The third-order valence-corrected chi connectivity index (χ3v) is 1.84. The SMILES string of the molecule is C=C(C(=O)Oc1ccco1)C(N)CC. The van der Waals surface area contributed by atoms with Gasteiger partial charge in [0, 0.05) is 17.7 Å². The Balaban J connectivity index is 2.55. The highest BCUT2D eigenvalue weighted by atomic mass is 16.6. The van der Waals surface area contributed by atoms with Crippen molar-refractivity contribution < 1.29 is 13.9 Å². The molecule has 0 fully saturated rings. The summed E-state index contributed by atoms with van der Waals surface area (Å²) in [5.74, 6) is -0.395. The molecule has 0 saturated heterocycles. The molecule has 0 aliphatic rings. The number of ether oxygens (including phenoxy) is 1. The average Bonchev–Trinajstić information content (AvgIpc) is 2.68. The first-order valence-electron chi connectivity index (χ1n) is 4.35. The zero-order chi connectivity index (χ0) is 10.6. The summed E-state index contributed by atoms with van der Waals surface area (Å²) in [6.45, 7) is 5.44. The van der Waals surface area contributed by atoms with E-state index in [1.165, 1.54) is 6.26 Å². The summed E-state index contributed by atoms with van der Waals surface area (Å²) in [6.07, 6.45) is 2.07. The number of carbonyl (C=O) groups is 1. The summed E-state index contributed by atoms with van der Waals surface area (Å²) < 4.78 is 9.70. The normalized spacial score (nSPS) is 12.1. The van der Waals surface area contributed by atoms with Crippen molar-refractivity contribution in [3.8, 4) is 5.95 Å². The minimum Gasteiger partial charge on any atom is -0.434 e. The second-order valence-electron chi connectivity index (χ2n) is 2.86. The Morgan fingerprint density at radius 1 is 1.79 bits per heavy atom. The number of furan rings is 1. The molecule has 1 aromatic rings. The Labute approximate surface area is 82.3 Å². The highest BCUT2D eigenvalue weighted by Gasteiger charge is 2.16. The lowest BCUT2D eigenvalue weighted by Crippen LogP contribution is -2.28. The molecule has 0 amide bonds. The van der Waals surface area contributed by atoms with E-state index >= 15 is 0 Å². The van der Waals surface area contributed by atoms with Gasteiger partial charge in [-0.25, -0.2) is 4.79 Å². The Morgan fingerprint density at radius 2 is 2.50 bits per heavy atom. The van der Waals surface area contributed by atoms with Crippen molar-refractivity contribution in [2.24, 2.45) is 5.73 Å². The van der Waals surface area contributed by atoms with Crippen LogP contribution in [0, 0.1) is 0 Å². The van der Waals surface area contributed by atoms with Crippen LogP contribution in [0.25, 0.3) is 0 Å². The van der Waals surface area contributed by atoms with E-state index in [1.54, 1.807) is 12.1 Å². The van der Waals surface area contributed by atoms with Gasteiger partial charge in [-0.05, 0) is 12.5 Å². The molecular formula is C10H13NO3. The van der Waals surface area contributed by atoms with Crippen LogP contribution in [0.2, 0.25) is 0 Å². The quantitative estimate of drug-likeness (QED) is 0.583. The minimum atomic E-state index is -0.547. The first kappa shape index (κ1) is 10.5. The Hall–Kier alpha value is -1.55. The number of hydrogen-bond acceptors (Lipinski definition) is 4. The van der Waals surface area contributed by atoms with E-state index in [0.29, 0.717) is 6.42 Å². The summed E-state index contributed by atoms with van der Waals surface area (Å²) in [7, 11) is 0. The Morgan fingerprint density at radius 3 is 3.00 bits per heavy atom. The van der Waals surface area contributed by atoms with E-state index in [-0.39, 0.29) is 17.6 Å². The first-order chi connectivity index (χ1) is 6.65. The molecule has 2 N–H and O–H groups in total. The van der Waals surface area contributed by atoms with Crippen LogP contribution in [0.15, 0.2) is 35.0 Å². The molecule has 1 rings (SSSR count).